The molecule has 1 amide bonds. The summed E-state index contributed by atoms with van der Waals surface area (Å²) in [5, 5.41) is 0.593. The highest BCUT2D eigenvalue weighted by atomic mass is 35.5. The molecule has 1 unspecified atom stereocenters. The smallest absolute Gasteiger partial charge is 0.255 e. The fraction of sp³-hybridized carbons (Fsp3) is 0.400. The van der Waals surface area contributed by atoms with Gasteiger partial charge >= 0.3 is 0 Å². The van der Waals surface area contributed by atoms with Crippen molar-refractivity contribution in [2.45, 2.75) is 32.9 Å². The summed E-state index contributed by atoms with van der Waals surface area (Å²) in [7, 11) is 1.75. The number of benzene rings is 1. The Bertz CT molecular complexity index is 821. The lowest BCUT2D eigenvalue weighted by molar-refractivity contribution is 0.0788. The van der Waals surface area contributed by atoms with Crippen molar-refractivity contribution in [3.63, 3.8) is 0 Å². The minimum atomic E-state index is -0.175. The minimum Gasteiger partial charge on any atom is -0.342 e. The van der Waals surface area contributed by atoms with E-state index in [1.165, 1.54) is 10.6 Å². The van der Waals surface area contributed by atoms with Gasteiger partial charge in [0.2, 0.25) is 0 Å². The zero-order valence-corrected chi connectivity index (χ0v) is 17.5. The van der Waals surface area contributed by atoms with Crippen molar-refractivity contribution >= 4 is 29.9 Å². The Morgan fingerprint density at radius 3 is 2.52 bits per heavy atom. The van der Waals surface area contributed by atoms with E-state index >= 15 is 0 Å². The van der Waals surface area contributed by atoms with Crippen molar-refractivity contribution in [2.75, 3.05) is 13.6 Å². The number of nitrogens with two attached hydrogens (primary N) is 1. The van der Waals surface area contributed by atoms with E-state index in [4.69, 9.17) is 17.3 Å². The number of carbonyl (C=O) groups is 1. The second kappa shape index (κ2) is 10.5. The Morgan fingerprint density at radius 1 is 1.22 bits per heavy atom. The maximum absolute atomic E-state index is 12.7. The third-order valence-electron chi connectivity index (χ3n) is 4.53. The quantitative estimate of drug-likeness (QED) is 0.758. The highest BCUT2D eigenvalue weighted by Crippen LogP contribution is 2.16. The van der Waals surface area contributed by atoms with E-state index in [1.807, 2.05) is 18.2 Å². The molecule has 2 aromatic rings. The Morgan fingerprint density at radius 2 is 1.89 bits per heavy atom. The van der Waals surface area contributed by atoms with E-state index in [1.54, 1.807) is 30.3 Å². The number of aromatic nitrogens is 1. The van der Waals surface area contributed by atoms with Crippen molar-refractivity contribution < 1.29 is 4.79 Å². The predicted molar refractivity (Wildman–Crippen MR) is 113 cm³/mol. The first-order chi connectivity index (χ1) is 12.3. The van der Waals surface area contributed by atoms with Gasteiger partial charge in [-0.25, -0.2) is 0 Å². The van der Waals surface area contributed by atoms with Crippen LogP contribution in [-0.4, -0.2) is 35.0 Å². The first-order valence-electron chi connectivity index (χ1n) is 8.74. The van der Waals surface area contributed by atoms with E-state index in [2.05, 4.69) is 13.8 Å². The van der Waals surface area contributed by atoms with Gasteiger partial charge in [0.15, 0.2) is 0 Å². The van der Waals surface area contributed by atoms with E-state index in [9.17, 15) is 9.59 Å². The van der Waals surface area contributed by atoms with Crippen LogP contribution >= 0.6 is 24.0 Å². The van der Waals surface area contributed by atoms with E-state index < -0.39 is 0 Å². The highest BCUT2D eigenvalue weighted by molar-refractivity contribution is 6.31. The van der Waals surface area contributed by atoms with Crippen LogP contribution in [0.4, 0.5) is 0 Å². The molecule has 0 aliphatic heterocycles. The van der Waals surface area contributed by atoms with E-state index in [0.717, 1.165) is 12.0 Å². The number of rotatable bonds is 7. The Labute approximate surface area is 171 Å². The summed E-state index contributed by atoms with van der Waals surface area (Å²) in [5.41, 5.74) is 7.18. The van der Waals surface area contributed by atoms with Crippen LogP contribution in [0, 0.1) is 5.92 Å². The van der Waals surface area contributed by atoms with Gasteiger partial charge in [-0.2, -0.15) is 0 Å². The first kappa shape index (κ1) is 23.2. The van der Waals surface area contributed by atoms with Gasteiger partial charge in [0.05, 0.1) is 12.1 Å². The molecule has 2 rings (SSSR count). The van der Waals surface area contributed by atoms with Crippen molar-refractivity contribution in [1.29, 1.82) is 0 Å². The number of hydrogen-bond acceptors (Lipinski definition) is 3. The molecule has 1 atom stereocenters. The molecule has 0 spiro atoms. The summed E-state index contributed by atoms with van der Waals surface area (Å²) in [5.74, 6) is 0.241. The highest BCUT2D eigenvalue weighted by Gasteiger charge is 2.15. The van der Waals surface area contributed by atoms with Gasteiger partial charge in [0.1, 0.15) is 0 Å². The monoisotopic (exact) mass is 411 g/mol. The summed E-state index contributed by atoms with van der Waals surface area (Å²) in [4.78, 5) is 26.4. The van der Waals surface area contributed by atoms with Crippen LogP contribution in [0.5, 0.6) is 0 Å². The van der Waals surface area contributed by atoms with Gasteiger partial charge in [-0.1, -0.05) is 43.6 Å². The van der Waals surface area contributed by atoms with Crippen LogP contribution in [0.2, 0.25) is 5.02 Å². The summed E-state index contributed by atoms with van der Waals surface area (Å²) in [6, 6.07) is 10.4. The van der Waals surface area contributed by atoms with Gasteiger partial charge in [0, 0.05) is 36.9 Å². The fourth-order valence-corrected chi connectivity index (χ4v) is 2.79. The second-order valence-corrected chi connectivity index (χ2v) is 7.31. The number of carbonyl (C=O) groups excluding carboxylic acids is 1. The molecular formula is C20H27Cl2N3O2. The molecule has 0 aliphatic rings. The molecular weight excluding hydrogens is 385 g/mol. The molecule has 7 heteroatoms. The largest absolute Gasteiger partial charge is 0.342 e. The van der Waals surface area contributed by atoms with Crippen molar-refractivity contribution in [1.82, 2.24) is 9.47 Å². The molecule has 2 N–H and O–H groups in total. The van der Waals surface area contributed by atoms with E-state index in [0.29, 0.717) is 29.6 Å². The van der Waals surface area contributed by atoms with Crippen molar-refractivity contribution in [2.24, 2.45) is 11.7 Å². The zero-order chi connectivity index (χ0) is 19.3. The van der Waals surface area contributed by atoms with E-state index in [-0.39, 0.29) is 29.9 Å². The standard InChI is InChI=1S/C20H26ClN3O2.ClH/c1-14(2)18(22)10-11-23(3)20(26)16-8-9-19(25)24(13-16)12-15-6-4-5-7-17(15)21;/h4-9,13-14,18H,10-12,22H2,1-3H3;1H. The van der Waals surface area contributed by atoms with Crippen molar-refractivity contribution in [3.05, 3.63) is 69.1 Å². The van der Waals surface area contributed by atoms with Crippen LogP contribution < -0.4 is 11.3 Å². The Kier molecular flexibility index (Phi) is 9.03. The average Bonchev–Trinajstić information content (AvgIpc) is 2.62. The lowest BCUT2D eigenvalue weighted by Crippen LogP contribution is -2.35. The molecule has 0 radical (unpaired) electrons. The molecule has 1 heterocycles. The Hall–Kier alpha value is -1.82. The molecule has 0 aliphatic carbocycles. The maximum atomic E-state index is 12.7. The van der Waals surface area contributed by atoms with Crippen LogP contribution in [0.15, 0.2) is 47.4 Å². The predicted octanol–water partition coefficient (Wildman–Crippen LogP) is 3.42. The summed E-state index contributed by atoms with van der Waals surface area (Å²) < 4.78 is 1.50. The number of pyridine rings is 1. The van der Waals surface area contributed by atoms with Crippen LogP contribution in [0.25, 0.3) is 0 Å². The number of hydrogen-bond donors (Lipinski definition) is 1. The third kappa shape index (κ3) is 6.38. The zero-order valence-electron chi connectivity index (χ0n) is 15.9. The van der Waals surface area contributed by atoms with Crippen molar-refractivity contribution in [3.8, 4) is 0 Å². The number of amides is 1. The summed E-state index contributed by atoms with van der Waals surface area (Å²) in [6.07, 6.45) is 2.33. The average molecular weight is 412 g/mol. The summed E-state index contributed by atoms with van der Waals surface area (Å²) >= 11 is 6.17. The van der Waals surface area contributed by atoms with Gasteiger partial charge in [0.25, 0.3) is 11.5 Å². The second-order valence-electron chi connectivity index (χ2n) is 6.90. The normalized spacial score (nSPS) is 11.8. The molecule has 0 bridgehead atoms. The molecule has 27 heavy (non-hydrogen) atoms. The molecule has 0 fully saturated rings. The SMILES string of the molecule is CC(C)C(N)CCN(C)C(=O)c1ccc(=O)n(Cc2ccccc2Cl)c1.Cl. The number of nitrogens with zero attached hydrogens (tertiary/aromatic N) is 2. The van der Waals surface area contributed by atoms with Gasteiger partial charge in [-0.3, -0.25) is 9.59 Å². The number of halogens is 2. The molecule has 5 nitrogen and oxygen atoms in total. The minimum absolute atomic E-state index is 0. The fourth-order valence-electron chi connectivity index (χ4n) is 2.59. The molecule has 148 valence electrons. The third-order valence-corrected chi connectivity index (χ3v) is 4.90. The van der Waals surface area contributed by atoms with Crippen LogP contribution in [0.3, 0.4) is 0 Å². The van der Waals surface area contributed by atoms with Gasteiger partial charge in [-0.05, 0) is 30.0 Å². The van der Waals surface area contributed by atoms with Crippen LogP contribution in [0.1, 0.15) is 36.2 Å². The first-order valence-corrected chi connectivity index (χ1v) is 9.12. The molecule has 0 saturated heterocycles. The lowest BCUT2D eigenvalue weighted by Gasteiger charge is -2.22. The van der Waals surface area contributed by atoms with Gasteiger partial charge in [-0.15, -0.1) is 12.4 Å². The maximum Gasteiger partial charge on any atom is 0.255 e. The van der Waals surface area contributed by atoms with Crippen LogP contribution in [-0.2, 0) is 6.54 Å². The Balaban J connectivity index is 0.00000364. The molecule has 1 aromatic carbocycles. The summed E-state index contributed by atoms with van der Waals surface area (Å²) in [6.45, 7) is 5.03. The molecule has 1 aromatic heterocycles. The van der Waals surface area contributed by atoms with Gasteiger partial charge < -0.3 is 15.2 Å². The molecule has 0 saturated carbocycles. The lowest BCUT2D eigenvalue weighted by atomic mass is 10.0. The topological polar surface area (TPSA) is 68.3 Å².